The number of rotatable bonds is 8. The molecule has 0 atom stereocenters. The van der Waals surface area contributed by atoms with Crippen molar-refractivity contribution in [1.29, 1.82) is 0 Å². The summed E-state index contributed by atoms with van der Waals surface area (Å²) in [5, 5.41) is 0. The van der Waals surface area contributed by atoms with E-state index in [1.807, 2.05) is 0 Å². The highest BCUT2D eigenvalue weighted by Crippen LogP contribution is 2.51. The topological polar surface area (TPSA) is 57.7 Å². The van der Waals surface area contributed by atoms with Crippen molar-refractivity contribution < 1.29 is 31.5 Å². The van der Waals surface area contributed by atoms with Gasteiger partial charge in [-0.1, -0.05) is 12.1 Å². The Morgan fingerprint density at radius 2 is 1.74 bits per heavy atom. The molecule has 27 heavy (non-hydrogen) atoms. The number of aryl methyl sites for hydroxylation is 1. The van der Waals surface area contributed by atoms with Gasteiger partial charge >= 0.3 is 13.8 Å². The summed E-state index contributed by atoms with van der Waals surface area (Å²) >= 11 is 0. The molecule has 1 heterocycles. The number of hydrogen-bond donors (Lipinski definition) is 0. The summed E-state index contributed by atoms with van der Waals surface area (Å²) in [6.07, 6.45) is -4.40. The van der Waals surface area contributed by atoms with Gasteiger partial charge in [-0.15, -0.1) is 0 Å². The van der Waals surface area contributed by atoms with Crippen molar-refractivity contribution in [2.45, 2.75) is 33.1 Å². The average Bonchev–Trinajstić information content (AvgIpc) is 2.54. The second-order valence-electron chi connectivity index (χ2n) is 5.63. The maximum atomic E-state index is 12.8. The van der Waals surface area contributed by atoms with Gasteiger partial charge in [0.2, 0.25) is 5.88 Å². The zero-order valence-corrected chi connectivity index (χ0v) is 16.1. The first-order valence-corrected chi connectivity index (χ1v) is 10.1. The first kappa shape index (κ1) is 21.4. The number of nitrogens with zero attached hydrogens (tertiary/aromatic N) is 1. The summed E-state index contributed by atoms with van der Waals surface area (Å²) in [7, 11) is -3.27. The van der Waals surface area contributed by atoms with Crippen molar-refractivity contribution in [3.8, 4) is 11.6 Å². The quantitative estimate of drug-likeness (QED) is 0.509. The molecule has 0 aliphatic heterocycles. The Labute approximate surface area is 156 Å². The molecular weight excluding hydrogens is 382 g/mol. The van der Waals surface area contributed by atoms with E-state index in [-0.39, 0.29) is 30.9 Å². The summed E-state index contributed by atoms with van der Waals surface area (Å²) in [6, 6.07) is 8.77. The summed E-state index contributed by atoms with van der Waals surface area (Å²) in [5.74, 6) is 0.397. The van der Waals surface area contributed by atoms with E-state index in [0.29, 0.717) is 11.3 Å². The lowest BCUT2D eigenvalue weighted by molar-refractivity contribution is -0.138. The van der Waals surface area contributed by atoms with Gasteiger partial charge in [0.25, 0.3) is 0 Å². The molecular formula is C18H21F3NO4P. The molecule has 2 aromatic rings. The van der Waals surface area contributed by atoms with Crippen molar-refractivity contribution in [3.05, 3.63) is 53.2 Å². The molecule has 0 unspecified atom stereocenters. The predicted molar refractivity (Wildman–Crippen MR) is 95.1 cm³/mol. The molecule has 0 saturated heterocycles. The van der Waals surface area contributed by atoms with E-state index in [1.165, 1.54) is 6.92 Å². The fourth-order valence-electron chi connectivity index (χ4n) is 2.47. The van der Waals surface area contributed by atoms with Crippen molar-refractivity contribution in [2.24, 2.45) is 0 Å². The maximum Gasteiger partial charge on any atom is 0.418 e. The third-order valence-corrected chi connectivity index (χ3v) is 5.57. The molecule has 1 aromatic carbocycles. The van der Waals surface area contributed by atoms with Crippen LogP contribution < -0.4 is 4.74 Å². The van der Waals surface area contributed by atoms with Crippen LogP contribution in [0.25, 0.3) is 0 Å². The first-order valence-electron chi connectivity index (χ1n) is 8.36. The second kappa shape index (κ2) is 8.87. The van der Waals surface area contributed by atoms with Crippen LogP contribution in [0.15, 0.2) is 36.4 Å². The van der Waals surface area contributed by atoms with Crippen molar-refractivity contribution in [1.82, 2.24) is 4.98 Å². The highest BCUT2D eigenvalue weighted by Gasteiger charge is 2.33. The Bertz CT molecular complexity index is 816. The van der Waals surface area contributed by atoms with Crippen LogP contribution in [0.2, 0.25) is 0 Å². The van der Waals surface area contributed by atoms with E-state index in [0.717, 1.165) is 12.1 Å². The Kier molecular flexibility index (Phi) is 7.03. The number of ether oxygens (including phenoxy) is 1. The van der Waals surface area contributed by atoms with Gasteiger partial charge in [0, 0.05) is 6.07 Å². The number of hydrogen-bond acceptors (Lipinski definition) is 5. The zero-order valence-electron chi connectivity index (χ0n) is 15.2. The lowest BCUT2D eigenvalue weighted by atomic mass is 10.2. The van der Waals surface area contributed by atoms with Crippen molar-refractivity contribution >= 4 is 7.60 Å². The monoisotopic (exact) mass is 403 g/mol. The van der Waals surface area contributed by atoms with Gasteiger partial charge in [-0.25, -0.2) is 4.98 Å². The van der Waals surface area contributed by atoms with Gasteiger partial charge in [-0.3, -0.25) is 4.57 Å². The number of alkyl halides is 3. The molecule has 0 spiro atoms. The SMILES string of the molecule is CCOP(=O)(Cc1cccc(Oc2ccc(C(F)(F)F)c(C)n2)c1)OCC. The standard InChI is InChI=1S/C18H21F3NO4P/c1-4-24-27(23,25-5-2)12-14-7-6-8-15(11-14)26-17-10-9-16(13(3)22-17)18(19,20)21/h6-11H,4-5,12H2,1-3H3. The predicted octanol–water partition coefficient (Wildman–Crippen LogP) is 5.97. The maximum absolute atomic E-state index is 12.8. The molecule has 9 heteroatoms. The number of aromatic nitrogens is 1. The van der Waals surface area contributed by atoms with Gasteiger partial charge < -0.3 is 13.8 Å². The molecule has 0 aliphatic carbocycles. The van der Waals surface area contributed by atoms with Crippen LogP contribution >= 0.6 is 7.60 Å². The number of pyridine rings is 1. The number of benzene rings is 1. The van der Waals surface area contributed by atoms with Crippen molar-refractivity contribution in [3.63, 3.8) is 0 Å². The van der Waals surface area contributed by atoms with Crippen LogP contribution in [0.5, 0.6) is 11.6 Å². The fraction of sp³-hybridized carbons (Fsp3) is 0.389. The van der Waals surface area contributed by atoms with Crippen LogP contribution in [-0.4, -0.2) is 18.2 Å². The Balaban J connectivity index is 2.18. The Morgan fingerprint density at radius 3 is 2.30 bits per heavy atom. The first-order chi connectivity index (χ1) is 12.7. The minimum Gasteiger partial charge on any atom is -0.439 e. The highest BCUT2D eigenvalue weighted by molar-refractivity contribution is 7.53. The molecule has 0 N–H and O–H groups in total. The second-order valence-corrected chi connectivity index (χ2v) is 7.69. The van der Waals surface area contributed by atoms with Gasteiger partial charge in [0.15, 0.2) is 0 Å². The van der Waals surface area contributed by atoms with Crippen LogP contribution in [0.1, 0.15) is 30.7 Å². The summed E-state index contributed by atoms with van der Waals surface area (Å²) in [5.41, 5.74) is -0.326. The van der Waals surface area contributed by atoms with Crippen molar-refractivity contribution in [2.75, 3.05) is 13.2 Å². The molecule has 2 rings (SSSR count). The zero-order chi connectivity index (χ0) is 20.1. The van der Waals surface area contributed by atoms with E-state index in [2.05, 4.69) is 4.98 Å². The Hall–Kier alpha value is -1.89. The van der Waals surface area contributed by atoms with Gasteiger partial charge in [-0.05, 0) is 44.5 Å². The lowest BCUT2D eigenvalue weighted by Crippen LogP contribution is -2.08. The molecule has 1 aromatic heterocycles. The van der Waals surface area contributed by atoms with Crippen LogP contribution in [0.4, 0.5) is 13.2 Å². The van der Waals surface area contributed by atoms with E-state index in [1.54, 1.807) is 38.1 Å². The molecule has 0 radical (unpaired) electrons. The van der Waals surface area contributed by atoms with Gasteiger partial charge in [-0.2, -0.15) is 13.2 Å². The number of halogens is 3. The van der Waals surface area contributed by atoms with Gasteiger partial charge in [0.05, 0.1) is 30.6 Å². The van der Waals surface area contributed by atoms with Gasteiger partial charge in [0.1, 0.15) is 5.75 Å². The lowest BCUT2D eigenvalue weighted by Gasteiger charge is -2.17. The summed E-state index contributed by atoms with van der Waals surface area (Å²) in [6.45, 7) is 5.23. The van der Waals surface area contributed by atoms with Crippen LogP contribution in [-0.2, 0) is 26.0 Å². The third-order valence-electron chi connectivity index (χ3n) is 3.51. The molecule has 148 valence electrons. The highest BCUT2D eigenvalue weighted by atomic mass is 31.2. The van der Waals surface area contributed by atoms with Crippen LogP contribution in [0.3, 0.4) is 0 Å². The van der Waals surface area contributed by atoms with E-state index in [4.69, 9.17) is 13.8 Å². The van der Waals surface area contributed by atoms with E-state index in [9.17, 15) is 17.7 Å². The fourth-order valence-corrected chi connectivity index (χ4v) is 4.16. The molecule has 5 nitrogen and oxygen atoms in total. The summed E-state index contributed by atoms with van der Waals surface area (Å²) < 4.78 is 67.1. The van der Waals surface area contributed by atoms with Crippen LogP contribution in [0, 0.1) is 6.92 Å². The molecule has 0 aliphatic rings. The Morgan fingerprint density at radius 1 is 1.07 bits per heavy atom. The largest absolute Gasteiger partial charge is 0.439 e. The van der Waals surface area contributed by atoms with E-state index < -0.39 is 19.3 Å². The smallest absolute Gasteiger partial charge is 0.418 e. The normalized spacial score (nSPS) is 12.2. The molecule has 0 saturated carbocycles. The molecule has 0 fully saturated rings. The summed E-state index contributed by atoms with van der Waals surface area (Å²) in [4.78, 5) is 3.85. The minimum atomic E-state index is -4.46. The third kappa shape index (κ3) is 6.06. The van der Waals surface area contributed by atoms with E-state index >= 15 is 0 Å². The molecule has 0 amide bonds. The average molecular weight is 403 g/mol. The minimum absolute atomic E-state index is 0.0375. The molecule has 0 bridgehead atoms.